The summed E-state index contributed by atoms with van der Waals surface area (Å²) >= 11 is 0. The molecular weight excluding hydrogens is 385 g/mol. The van der Waals surface area contributed by atoms with E-state index < -0.39 is 37.8 Å². The Morgan fingerprint density at radius 3 is 1.96 bits per heavy atom. The Morgan fingerprint density at radius 1 is 0.962 bits per heavy atom. The van der Waals surface area contributed by atoms with Crippen molar-refractivity contribution in [1.29, 1.82) is 0 Å². The Balaban J connectivity index is 2.06. The summed E-state index contributed by atoms with van der Waals surface area (Å²) < 4.78 is 61.8. The van der Waals surface area contributed by atoms with Gasteiger partial charge in [-0.25, -0.2) is 26.4 Å². The van der Waals surface area contributed by atoms with Gasteiger partial charge in [0.2, 0.25) is 26.0 Å². The number of primary sulfonamides is 1. The predicted octanol–water partition coefficient (Wildman–Crippen LogP) is 0.779. The maximum atomic E-state index is 12.9. The van der Waals surface area contributed by atoms with Crippen LogP contribution in [0.25, 0.3) is 0 Å². The van der Waals surface area contributed by atoms with Gasteiger partial charge in [-0.05, 0) is 55.5 Å². The monoisotopic (exact) mass is 401 g/mol. The van der Waals surface area contributed by atoms with Crippen molar-refractivity contribution in [2.75, 3.05) is 5.32 Å². The lowest BCUT2D eigenvalue weighted by Crippen LogP contribution is -2.41. The van der Waals surface area contributed by atoms with E-state index in [-0.39, 0.29) is 15.5 Å². The van der Waals surface area contributed by atoms with Crippen molar-refractivity contribution >= 4 is 31.6 Å². The van der Waals surface area contributed by atoms with Crippen molar-refractivity contribution < 1.29 is 26.0 Å². The van der Waals surface area contributed by atoms with Crippen molar-refractivity contribution in [3.8, 4) is 0 Å². The molecule has 0 fully saturated rings. The molecule has 0 heterocycles. The van der Waals surface area contributed by atoms with E-state index in [9.17, 15) is 26.0 Å². The third-order valence-corrected chi connectivity index (χ3v) is 5.79. The van der Waals surface area contributed by atoms with Gasteiger partial charge < -0.3 is 5.32 Å². The Bertz CT molecular complexity index is 1000. The molecule has 0 spiro atoms. The highest BCUT2D eigenvalue weighted by Gasteiger charge is 2.22. The number of benzene rings is 2. The number of amides is 1. The molecule has 0 aliphatic heterocycles. The topological polar surface area (TPSA) is 135 Å². The smallest absolute Gasteiger partial charge is 0.242 e. The zero-order chi connectivity index (χ0) is 19.5. The SMILES string of the molecule is C[C@@H](NS(=O)(=O)c1ccc(F)cc1)C(=O)Nc1ccc(S(N)(=O)=O)cc1. The lowest BCUT2D eigenvalue weighted by atomic mass is 10.3. The zero-order valence-electron chi connectivity index (χ0n) is 13.5. The fraction of sp³-hybridized carbons (Fsp3) is 0.133. The molecule has 11 heteroatoms. The van der Waals surface area contributed by atoms with E-state index in [1.165, 1.54) is 31.2 Å². The van der Waals surface area contributed by atoms with Crippen LogP contribution in [-0.4, -0.2) is 28.8 Å². The third-order valence-electron chi connectivity index (χ3n) is 3.30. The van der Waals surface area contributed by atoms with E-state index in [2.05, 4.69) is 10.0 Å². The fourth-order valence-corrected chi connectivity index (χ4v) is 3.66. The van der Waals surface area contributed by atoms with Crippen LogP contribution < -0.4 is 15.2 Å². The van der Waals surface area contributed by atoms with Crippen molar-refractivity contribution in [2.24, 2.45) is 5.14 Å². The van der Waals surface area contributed by atoms with Crippen molar-refractivity contribution in [3.63, 3.8) is 0 Å². The van der Waals surface area contributed by atoms with Gasteiger partial charge in [0.05, 0.1) is 15.8 Å². The largest absolute Gasteiger partial charge is 0.325 e. The van der Waals surface area contributed by atoms with Crippen LogP contribution in [0.1, 0.15) is 6.92 Å². The van der Waals surface area contributed by atoms with E-state index in [4.69, 9.17) is 5.14 Å². The maximum absolute atomic E-state index is 12.9. The van der Waals surface area contributed by atoms with Crippen LogP contribution in [0.4, 0.5) is 10.1 Å². The molecule has 2 aromatic carbocycles. The third kappa shape index (κ3) is 5.08. The van der Waals surface area contributed by atoms with Gasteiger partial charge in [0.25, 0.3) is 0 Å². The summed E-state index contributed by atoms with van der Waals surface area (Å²) in [5.41, 5.74) is 0.259. The minimum Gasteiger partial charge on any atom is -0.325 e. The summed E-state index contributed by atoms with van der Waals surface area (Å²) in [6, 6.07) is 8.05. The lowest BCUT2D eigenvalue weighted by Gasteiger charge is -2.14. The van der Waals surface area contributed by atoms with Gasteiger partial charge in [-0.3, -0.25) is 4.79 Å². The number of nitrogens with one attached hydrogen (secondary N) is 2. The highest BCUT2D eigenvalue weighted by atomic mass is 32.2. The molecule has 0 aromatic heterocycles. The summed E-state index contributed by atoms with van der Waals surface area (Å²) in [4.78, 5) is 11.8. The molecule has 0 radical (unpaired) electrons. The molecule has 0 aliphatic rings. The number of rotatable bonds is 6. The second-order valence-electron chi connectivity index (χ2n) is 5.36. The van der Waals surface area contributed by atoms with Crippen LogP contribution >= 0.6 is 0 Å². The zero-order valence-corrected chi connectivity index (χ0v) is 15.1. The first-order valence-corrected chi connectivity index (χ1v) is 10.2. The van der Waals surface area contributed by atoms with E-state index in [1.807, 2.05) is 0 Å². The van der Waals surface area contributed by atoms with Gasteiger partial charge in [-0.2, -0.15) is 4.72 Å². The lowest BCUT2D eigenvalue weighted by molar-refractivity contribution is -0.117. The first-order valence-electron chi connectivity index (χ1n) is 7.21. The number of carbonyl (C=O) groups excluding carboxylic acids is 1. The Kier molecular flexibility index (Phi) is 5.76. The fourth-order valence-electron chi connectivity index (χ4n) is 1.95. The van der Waals surface area contributed by atoms with E-state index in [0.717, 1.165) is 24.3 Å². The molecule has 0 saturated heterocycles. The molecule has 1 amide bonds. The predicted molar refractivity (Wildman–Crippen MR) is 92.6 cm³/mol. The molecule has 0 bridgehead atoms. The summed E-state index contributed by atoms with van der Waals surface area (Å²) in [6.45, 7) is 1.33. The summed E-state index contributed by atoms with van der Waals surface area (Å²) in [5, 5.41) is 7.42. The van der Waals surface area contributed by atoms with Crippen LogP contribution in [0, 0.1) is 5.82 Å². The van der Waals surface area contributed by atoms with Gasteiger partial charge in [0.15, 0.2) is 0 Å². The highest BCUT2D eigenvalue weighted by molar-refractivity contribution is 7.89. The minimum atomic E-state index is -4.01. The van der Waals surface area contributed by atoms with E-state index in [0.29, 0.717) is 0 Å². The van der Waals surface area contributed by atoms with Crippen LogP contribution in [0.2, 0.25) is 0 Å². The number of nitrogens with two attached hydrogens (primary N) is 1. The first-order chi connectivity index (χ1) is 12.0. The van der Waals surface area contributed by atoms with Crippen molar-refractivity contribution in [1.82, 2.24) is 4.72 Å². The number of hydrogen-bond donors (Lipinski definition) is 3. The summed E-state index contributed by atoms with van der Waals surface area (Å²) in [6.07, 6.45) is 0. The van der Waals surface area contributed by atoms with Crippen molar-refractivity contribution in [2.45, 2.75) is 22.8 Å². The van der Waals surface area contributed by atoms with Gasteiger partial charge in [0.1, 0.15) is 5.82 Å². The summed E-state index contributed by atoms with van der Waals surface area (Å²) in [7, 11) is -7.87. The van der Waals surface area contributed by atoms with Gasteiger partial charge >= 0.3 is 0 Å². The molecule has 26 heavy (non-hydrogen) atoms. The Labute approximate surface area is 150 Å². The number of carbonyl (C=O) groups is 1. The average Bonchev–Trinajstić information content (AvgIpc) is 2.54. The highest BCUT2D eigenvalue weighted by Crippen LogP contribution is 2.14. The molecule has 1 atom stereocenters. The second kappa shape index (κ2) is 7.50. The van der Waals surface area contributed by atoms with Crippen LogP contribution in [0.5, 0.6) is 0 Å². The number of sulfonamides is 2. The number of anilines is 1. The Morgan fingerprint density at radius 2 is 1.46 bits per heavy atom. The van der Waals surface area contributed by atoms with Crippen molar-refractivity contribution in [3.05, 3.63) is 54.3 Å². The van der Waals surface area contributed by atoms with E-state index in [1.54, 1.807) is 0 Å². The quantitative estimate of drug-likeness (QED) is 0.657. The van der Waals surface area contributed by atoms with Crippen LogP contribution in [0.15, 0.2) is 58.3 Å². The standard InChI is InChI=1S/C15H16FN3O5S2/c1-10(19-26(23,24)14-6-2-11(16)3-7-14)15(20)18-12-4-8-13(9-5-12)25(17,21)22/h2-10,19H,1H3,(H,18,20)(H2,17,21,22)/t10-/m1/s1. The average molecular weight is 401 g/mol. The second-order valence-corrected chi connectivity index (χ2v) is 8.63. The van der Waals surface area contributed by atoms with Gasteiger partial charge in [-0.15, -0.1) is 0 Å². The molecule has 0 aliphatic carbocycles. The molecule has 4 N–H and O–H groups in total. The molecule has 0 unspecified atom stereocenters. The minimum absolute atomic E-state index is 0.124. The normalized spacial score (nSPS) is 13.2. The maximum Gasteiger partial charge on any atom is 0.242 e. The Hall–Kier alpha value is -2.34. The molecular formula is C15H16FN3O5S2. The molecule has 2 aromatic rings. The number of hydrogen-bond acceptors (Lipinski definition) is 5. The van der Waals surface area contributed by atoms with Gasteiger partial charge in [-0.1, -0.05) is 0 Å². The molecule has 2 rings (SSSR count). The van der Waals surface area contributed by atoms with Crippen LogP contribution in [-0.2, 0) is 24.8 Å². The molecule has 8 nitrogen and oxygen atoms in total. The summed E-state index contributed by atoms with van der Waals surface area (Å²) in [5.74, 6) is -1.25. The van der Waals surface area contributed by atoms with Gasteiger partial charge in [0, 0.05) is 5.69 Å². The number of halogens is 1. The molecule has 0 saturated carbocycles. The van der Waals surface area contributed by atoms with Crippen LogP contribution in [0.3, 0.4) is 0 Å². The first kappa shape index (κ1) is 20.0. The van der Waals surface area contributed by atoms with E-state index >= 15 is 0 Å². The molecule has 140 valence electrons.